The molecule has 0 aromatic heterocycles. The SMILES string of the molecule is CCOC(=O)CC(=O)c1ccc(NCCCCCCCCCCCC#Cc2ccc(Cl)cc2)cc1. The second-order valence-electron chi connectivity index (χ2n) is 8.65. The van der Waals surface area contributed by atoms with E-state index in [9.17, 15) is 9.59 Å². The number of carbonyl (C=O) groups is 2. The van der Waals surface area contributed by atoms with Crippen molar-refractivity contribution in [3.63, 3.8) is 0 Å². The molecule has 0 amide bonds. The third-order valence-corrected chi connectivity index (χ3v) is 5.95. The first-order valence-electron chi connectivity index (χ1n) is 12.9. The van der Waals surface area contributed by atoms with Crippen LogP contribution in [0.1, 0.15) is 93.5 Å². The molecule has 0 radical (unpaired) electrons. The summed E-state index contributed by atoms with van der Waals surface area (Å²) in [6, 6.07) is 15.0. The highest BCUT2D eigenvalue weighted by Crippen LogP contribution is 2.14. The van der Waals surface area contributed by atoms with E-state index in [0.717, 1.165) is 35.7 Å². The number of unbranched alkanes of at least 4 members (excludes halogenated alkanes) is 9. The zero-order valence-corrected chi connectivity index (χ0v) is 21.7. The van der Waals surface area contributed by atoms with Gasteiger partial charge in [0, 0.05) is 34.8 Å². The van der Waals surface area contributed by atoms with E-state index in [1.165, 1.54) is 51.4 Å². The van der Waals surface area contributed by atoms with E-state index in [1.807, 2.05) is 36.4 Å². The van der Waals surface area contributed by atoms with Gasteiger partial charge in [0.15, 0.2) is 5.78 Å². The van der Waals surface area contributed by atoms with E-state index in [1.54, 1.807) is 19.1 Å². The summed E-state index contributed by atoms with van der Waals surface area (Å²) in [7, 11) is 0. The average molecular weight is 496 g/mol. The van der Waals surface area contributed by atoms with E-state index in [4.69, 9.17) is 16.3 Å². The van der Waals surface area contributed by atoms with Crippen LogP contribution in [-0.4, -0.2) is 24.9 Å². The van der Waals surface area contributed by atoms with Gasteiger partial charge in [0.05, 0.1) is 6.61 Å². The van der Waals surface area contributed by atoms with Crippen LogP contribution >= 0.6 is 11.6 Å². The van der Waals surface area contributed by atoms with Gasteiger partial charge < -0.3 is 10.1 Å². The summed E-state index contributed by atoms with van der Waals surface area (Å²) in [6.07, 6.45) is 12.0. The van der Waals surface area contributed by atoms with Crippen molar-refractivity contribution in [1.82, 2.24) is 0 Å². The number of ether oxygens (including phenoxy) is 1. The smallest absolute Gasteiger partial charge is 0.313 e. The van der Waals surface area contributed by atoms with Gasteiger partial charge in [0.2, 0.25) is 0 Å². The van der Waals surface area contributed by atoms with Crippen LogP contribution < -0.4 is 5.32 Å². The van der Waals surface area contributed by atoms with Crippen molar-refractivity contribution in [2.45, 2.75) is 77.6 Å². The van der Waals surface area contributed by atoms with Crippen LogP contribution in [-0.2, 0) is 9.53 Å². The summed E-state index contributed by atoms with van der Waals surface area (Å²) in [6.45, 7) is 2.94. The maximum atomic E-state index is 12.1. The molecule has 0 spiro atoms. The first-order chi connectivity index (χ1) is 17.1. The highest BCUT2D eigenvalue weighted by molar-refractivity contribution is 6.30. The fraction of sp³-hybridized carbons (Fsp3) is 0.467. The molecule has 0 fully saturated rings. The third kappa shape index (κ3) is 13.0. The number of esters is 1. The van der Waals surface area contributed by atoms with Crippen molar-refractivity contribution in [2.75, 3.05) is 18.5 Å². The molecule has 0 heterocycles. The fourth-order valence-electron chi connectivity index (χ4n) is 3.73. The normalized spacial score (nSPS) is 10.3. The van der Waals surface area contributed by atoms with E-state index in [-0.39, 0.29) is 18.8 Å². The highest BCUT2D eigenvalue weighted by Gasteiger charge is 2.12. The molecule has 0 aliphatic rings. The standard InChI is InChI=1S/C30H38ClNO3/c1-2-35-30(34)24-29(33)26-17-21-28(22-18-26)32-23-13-11-9-7-5-3-4-6-8-10-12-14-25-15-19-27(31)20-16-25/h15-22,32H,2-11,13,23-24H2,1H3. The third-order valence-electron chi connectivity index (χ3n) is 5.70. The van der Waals surface area contributed by atoms with E-state index < -0.39 is 5.97 Å². The molecular formula is C30H38ClNO3. The monoisotopic (exact) mass is 495 g/mol. The Labute approximate surface area is 215 Å². The van der Waals surface area contributed by atoms with Crippen LogP contribution in [0.2, 0.25) is 5.02 Å². The Bertz CT molecular complexity index is 942. The Hall–Kier alpha value is -2.77. The molecule has 188 valence electrons. The van der Waals surface area contributed by atoms with Gasteiger partial charge in [-0.3, -0.25) is 9.59 Å². The molecule has 0 aliphatic carbocycles. The summed E-state index contributed by atoms with van der Waals surface area (Å²) in [5.41, 5.74) is 2.56. The number of halogens is 1. The van der Waals surface area contributed by atoms with Crippen molar-refractivity contribution >= 4 is 29.0 Å². The average Bonchev–Trinajstić information content (AvgIpc) is 2.85. The van der Waals surface area contributed by atoms with Crippen molar-refractivity contribution < 1.29 is 14.3 Å². The molecule has 5 heteroatoms. The van der Waals surface area contributed by atoms with Gasteiger partial charge in [-0.1, -0.05) is 68.4 Å². The Morgan fingerprint density at radius 1 is 0.829 bits per heavy atom. The van der Waals surface area contributed by atoms with Gasteiger partial charge in [0.25, 0.3) is 0 Å². The first kappa shape index (κ1) is 28.5. The van der Waals surface area contributed by atoms with E-state index in [2.05, 4.69) is 17.2 Å². The zero-order valence-electron chi connectivity index (χ0n) is 20.9. The van der Waals surface area contributed by atoms with E-state index >= 15 is 0 Å². The second-order valence-corrected chi connectivity index (χ2v) is 9.09. The molecular weight excluding hydrogens is 458 g/mol. The van der Waals surface area contributed by atoms with Gasteiger partial charge in [-0.25, -0.2) is 0 Å². The Balaban J connectivity index is 1.42. The quantitative estimate of drug-likeness (QED) is 0.0846. The number of carbonyl (C=O) groups excluding carboxylic acids is 2. The molecule has 2 rings (SSSR count). The van der Waals surface area contributed by atoms with Crippen molar-refractivity contribution in [2.24, 2.45) is 0 Å². The molecule has 0 bridgehead atoms. The van der Waals surface area contributed by atoms with Crippen molar-refractivity contribution in [3.05, 3.63) is 64.7 Å². The number of hydrogen-bond donors (Lipinski definition) is 1. The summed E-state index contributed by atoms with van der Waals surface area (Å²) in [5.74, 6) is 5.76. The van der Waals surface area contributed by atoms with Crippen LogP contribution in [0.25, 0.3) is 0 Å². The molecule has 0 saturated heterocycles. The number of hydrogen-bond acceptors (Lipinski definition) is 4. The molecule has 0 atom stereocenters. The summed E-state index contributed by atoms with van der Waals surface area (Å²) >= 11 is 5.88. The zero-order chi connectivity index (χ0) is 25.1. The maximum Gasteiger partial charge on any atom is 0.313 e. The second kappa shape index (κ2) is 17.6. The predicted octanol–water partition coefficient (Wildman–Crippen LogP) is 7.84. The van der Waals surface area contributed by atoms with Crippen LogP contribution in [0.15, 0.2) is 48.5 Å². The minimum atomic E-state index is -0.476. The van der Waals surface area contributed by atoms with Crippen LogP contribution in [0, 0.1) is 11.8 Å². The Kier molecular flexibility index (Phi) is 14.3. The van der Waals surface area contributed by atoms with Crippen molar-refractivity contribution in [3.8, 4) is 11.8 Å². The molecule has 2 aromatic carbocycles. The van der Waals surface area contributed by atoms with Crippen molar-refractivity contribution in [1.29, 1.82) is 0 Å². The lowest BCUT2D eigenvalue weighted by Gasteiger charge is -2.07. The molecule has 0 aliphatic heterocycles. The summed E-state index contributed by atoms with van der Waals surface area (Å²) < 4.78 is 4.82. The number of Topliss-reactive ketones (excluding diaryl/α,β-unsaturated/α-hetero) is 1. The fourth-order valence-corrected chi connectivity index (χ4v) is 3.85. The lowest BCUT2D eigenvalue weighted by atomic mass is 10.1. The Morgan fingerprint density at radius 3 is 2.06 bits per heavy atom. The summed E-state index contributed by atoms with van der Waals surface area (Å²) in [4.78, 5) is 23.5. The molecule has 0 saturated carbocycles. The number of rotatable bonds is 16. The molecule has 1 N–H and O–H groups in total. The first-order valence-corrected chi connectivity index (χ1v) is 13.2. The Morgan fingerprint density at radius 2 is 1.43 bits per heavy atom. The maximum absolute atomic E-state index is 12.1. The molecule has 0 unspecified atom stereocenters. The molecule has 35 heavy (non-hydrogen) atoms. The van der Waals surface area contributed by atoms with E-state index in [0.29, 0.717) is 5.56 Å². The minimum absolute atomic E-state index is 0.208. The van der Waals surface area contributed by atoms with Crippen LogP contribution in [0.3, 0.4) is 0 Å². The van der Waals surface area contributed by atoms with Crippen LogP contribution in [0.5, 0.6) is 0 Å². The number of benzene rings is 2. The summed E-state index contributed by atoms with van der Waals surface area (Å²) in [5, 5.41) is 4.15. The number of ketones is 1. The minimum Gasteiger partial charge on any atom is -0.466 e. The van der Waals surface area contributed by atoms with Gasteiger partial charge >= 0.3 is 5.97 Å². The predicted molar refractivity (Wildman–Crippen MR) is 145 cm³/mol. The lowest BCUT2D eigenvalue weighted by molar-refractivity contribution is -0.141. The van der Waals surface area contributed by atoms with Gasteiger partial charge in [-0.15, -0.1) is 0 Å². The molecule has 4 nitrogen and oxygen atoms in total. The molecule has 2 aromatic rings. The number of anilines is 1. The topological polar surface area (TPSA) is 55.4 Å². The van der Waals surface area contributed by atoms with Gasteiger partial charge in [-0.2, -0.15) is 0 Å². The van der Waals surface area contributed by atoms with Gasteiger partial charge in [-0.05, 0) is 68.3 Å². The van der Waals surface area contributed by atoms with Gasteiger partial charge in [0.1, 0.15) is 6.42 Å². The highest BCUT2D eigenvalue weighted by atomic mass is 35.5. The largest absolute Gasteiger partial charge is 0.466 e. The number of nitrogens with one attached hydrogen (secondary N) is 1. The lowest BCUT2D eigenvalue weighted by Crippen LogP contribution is -2.11. The van der Waals surface area contributed by atoms with Crippen LogP contribution in [0.4, 0.5) is 5.69 Å².